The fourth-order valence-corrected chi connectivity index (χ4v) is 3.75. The van der Waals surface area contributed by atoms with Gasteiger partial charge in [0.15, 0.2) is 10.9 Å². The number of aromatic nitrogens is 1. The molecule has 0 spiro atoms. The largest absolute Gasteiger partial charge is 0.489 e. The van der Waals surface area contributed by atoms with Gasteiger partial charge in [-0.1, -0.05) is 59.9 Å². The van der Waals surface area contributed by atoms with Crippen molar-refractivity contribution in [1.82, 2.24) is 4.98 Å². The lowest BCUT2D eigenvalue weighted by Gasteiger charge is -2.06. The summed E-state index contributed by atoms with van der Waals surface area (Å²) in [5.41, 5.74) is 2.63. The summed E-state index contributed by atoms with van der Waals surface area (Å²) in [5, 5.41) is 3.37. The van der Waals surface area contributed by atoms with E-state index >= 15 is 0 Å². The first-order chi connectivity index (χ1) is 13.7. The Kier molecular flexibility index (Phi) is 5.21. The molecular weight excluding hydrogens is 372 g/mol. The van der Waals surface area contributed by atoms with Crippen molar-refractivity contribution in [2.24, 2.45) is 0 Å². The van der Waals surface area contributed by atoms with E-state index in [0.717, 1.165) is 21.9 Å². The van der Waals surface area contributed by atoms with Crippen molar-refractivity contribution >= 4 is 22.4 Å². The number of furan rings is 1. The third kappa shape index (κ3) is 3.97. The minimum atomic E-state index is -0.343. The smallest absolute Gasteiger partial charge is 0.293 e. The Hall–Kier alpha value is -3.38. The van der Waals surface area contributed by atoms with Crippen molar-refractivity contribution in [1.29, 1.82) is 0 Å². The van der Waals surface area contributed by atoms with Crippen LogP contribution >= 0.6 is 11.3 Å². The highest BCUT2D eigenvalue weighted by Crippen LogP contribution is 2.32. The molecule has 4 rings (SSSR count). The van der Waals surface area contributed by atoms with Crippen LogP contribution in [-0.2, 0) is 6.61 Å². The molecule has 1 amide bonds. The van der Waals surface area contributed by atoms with Crippen LogP contribution in [0.1, 0.15) is 21.8 Å². The minimum Gasteiger partial charge on any atom is -0.489 e. The second kappa shape index (κ2) is 8.10. The molecule has 5 nitrogen and oxygen atoms in total. The number of carbonyl (C=O) groups excluding carboxylic acids is 1. The van der Waals surface area contributed by atoms with Gasteiger partial charge in [0.05, 0.1) is 16.8 Å². The molecule has 140 valence electrons. The molecule has 0 bridgehead atoms. The van der Waals surface area contributed by atoms with Gasteiger partial charge in [-0.2, -0.15) is 0 Å². The molecule has 0 saturated carbocycles. The summed E-state index contributed by atoms with van der Waals surface area (Å²) < 4.78 is 11.1. The Balaban J connectivity index is 1.47. The highest BCUT2D eigenvalue weighted by Gasteiger charge is 2.19. The van der Waals surface area contributed by atoms with Gasteiger partial charge in [0.2, 0.25) is 0 Å². The van der Waals surface area contributed by atoms with Gasteiger partial charge in [0, 0.05) is 5.56 Å². The van der Waals surface area contributed by atoms with Gasteiger partial charge < -0.3 is 9.15 Å². The van der Waals surface area contributed by atoms with Crippen molar-refractivity contribution in [2.45, 2.75) is 13.5 Å². The minimum absolute atomic E-state index is 0.227. The zero-order chi connectivity index (χ0) is 19.3. The van der Waals surface area contributed by atoms with Crippen LogP contribution in [0.15, 0.2) is 77.4 Å². The molecule has 6 heteroatoms. The SMILES string of the molecule is Cc1nc(NC(=O)c2occc2COc2ccccc2)sc1-c1ccccc1. The van der Waals surface area contributed by atoms with Crippen LogP contribution in [0, 0.1) is 6.92 Å². The van der Waals surface area contributed by atoms with E-state index in [1.165, 1.54) is 17.6 Å². The molecule has 4 aromatic rings. The van der Waals surface area contributed by atoms with Gasteiger partial charge in [-0.05, 0) is 30.7 Å². The van der Waals surface area contributed by atoms with E-state index in [-0.39, 0.29) is 18.3 Å². The molecule has 0 unspecified atom stereocenters. The van der Waals surface area contributed by atoms with Gasteiger partial charge in [-0.3, -0.25) is 10.1 Å². The number of carbonyl (C=O) groups is 1. The monoisotopic (exact) mass is 390 g/mol. The van der Waals surface area contributed by atoms with Gasteiger partial charge in [0.1, 0.15) is 12.4 Å². The molecule has 2 aromatic heterocycles. The maximum absolute atomic E-state index is 12.7. The zero-order valence-corrected chi connectivity index (χ0v) is 16.0. The van der Waals surface area contributed by atoms with E-state index in [2.05, 4.69) is 10.3 Å². The quantitative estimate of drug-likeness (QED) is 0.469. The molecule has 2 heterocycles. The number of hydrogen-bond acceptors (Lipinski definition) is 5. The molecule has 2 aromatic carbocycles. The molecule has 0 aliphatic rings. The van der Waals surface area contributed by atoms with Crippen molar-refractivity contribution in [3.63, 3.8) is 0 Å². The number of anilines is 1. The van der Waals surface area contributed by atoms with Crippen LogP contribution in [-0.4, -0.2) is 10.9 Å². The molecule has 0 fully saturated rings. The van der Waals surface area contributed by atoms with Crippen LogP contribution in [0.2, 0.25) is 0 Å². The Morgan fingerprint density at radius 1 is 1.07 bits per heavy atom. The molecule has 0 saturated heterocycles. The first-order valence-electron chi connectivity index (χ1n) is 8.79. The van der Waals surface area contributed by atoms with Crippen molar-refractivity contribution in [2.75, 3.05) is 5.32 Å². The van der Waals surface area contributed by atoms with Gasteiger partial charge in [-0.25, -0.2) is 4.98 Å². The fourth-order valence-electron chi connectivity index (χ4n) is 2.79. The fraction of sp³-hybridized carbons (Fsp3) is 0.0909. The molecule has 0 aliphatic carbocycles. The summed E-state index contributed by atoms with van der Waals surface area (Å²) in [5.74, 6) is 0.619. The zero-order valence-electron chi connectivity index (χ0n) is 15.2. The number of aryl methyl sites for hydroxylation is 1. The highest BCUT2D eigenvalue weighted by molar-refractivity contribution is 7.19. The first-order valence-corrected chi connectivity index (χ1v) is 9.61. The summed E-state index contributed by atoms with van der Waals surface area (Å²) in [6, 6.07) is 21.2. The summed E-state index contributed by atoms with van der Waals surface area (Å²) >= 11 is 1.44. The Morgan fingerprint density at radius 3 is 2.54 bits per heavy atom. The molecule has 0 aliphatic heterocycles. The first kappa shape index (κ1) is 18.0. The number of para-hydroxylation sites is 1. The maximum Gasteiger partial charge on any atom is 0.293 e. The summed E-state index contributed by atoms with van der Waals surface area (Å²) in [4.78, 5) is 18.2. The number of nitrogens with one attached hydrogen (secondary N) is 1. The Labute approximate surface area is 166 Å². The van der Waals surface area contributed by atoms with Crippen molar-refractivity contribution in [3.8, 4) is 16.2 Å². The average molecular weight is 390 g/mol. The summed E-state index contributed by atoms with van der Waals surface area (Å²) in [6.45, 7) is 2.18. The van der Waals surface area contributed by atoms with Crippen LogP contribution < -0.4 is 10.1 Å². The standard InChI is InChI=1S/C22H18N2O3S/c1-15-20(16-8-4-2-5-9-16)28-22(23-15)24-21(25)19-17(12-13-26-19)14-27-18-10-6-3-7-11-18/h2-13H,14H2,1H3,(H,23,24,25). The maximum atomic E-state index is 12.7. The molecular formula is C22H18N2O3S. The van der Waals surface area contributed by atoms with E-state index in [4.69, 9.17) is 9.15 Å². The van der Waals surface area contributed by atoms with E-state index in [1.54, 1.807) is 6.07 Å². The van der Waals surface area contributed by atoms with Gasteiger partial charge in [-0.15, -0.1) is 0 Å². The lowest BCUT2D eigenvalue weighted by Crippen LogP contribution is -2.13. The molecule has 0 radical (unpaired) electrons. The Morgan fingerprint density at radius 2 is 1.79 bits per heavy atom. The second-order valence-electron chi connectivity index (χ2n) is 6.13. The predicted octanol–water partition coefficient (Wildman–Crippen LogP) is 5.54. The van der Waals surface area contributed by atoms with Crippen LogP contribution in [0.4, 0.5) is 5.13 Å². The normalized spacial score (nSPS) is 10.6. The van der Waals surface area contributed by atoms with E-state index in [0.29, 0.717) is 10.7 Å². The Bertz CT molecular complexity index is 1070. The number of benzene rings is 2. The number of amides is 1. The number of hydrogen-bond donors (Lipinski definition) is 1. The molecule has 0 atom stereocenters. The van der Waals surface area contributed by atoms with Gasteiger partial charge in [0.25, 0.3) is 5.91 Å². The number of ether oxygens (including phenoxy) is 1. The third-order valence-electron chi connectivity index (χ3n) is 4.14. The van der Waals surface area contributed by atoms with E-state index in [9.17, 15) is 4.79 Å². The number of rotatable bonds is 6. The molecule has 1 N–H and O–H groups in total. The lowest BCUT2D eigenvalue weighted by atomic mass is 10.2. The highest BCUT2D eigenvalue weighted by atomic mass is 32.1. The van der Waals surface area contributed by atoms with Crippen molar-refractivity contribution in [3.05, 3.63) is 90.0 Å². The summed E-state index contributed by atoms with van der Waals surface area (Å²) in [6.07, 6.45) is 1.49. The van der Waals surface area contributed by atoms with E-state index in [1.807, 2.05) is 67.6 Å². The van der Waals surface area contributed by atoms with E-state index < -0.39 is 0 Å². The third-order valence-corrected chi connectivity index (χ3v) is 5.27. The summed E-state index contributed by atoms with van der Waals surface area (Å²) in [7, 11) is 0. The predicted molar refractivity (Wildman–Crippen MR) is 110 cm³/mol. The van der Waals surface area contributed by atoms with Crippen LogP contribution in [0.5, 0.6) is 5.75 Å². The van der Waals surface area contributed by atoms with Crippen LogP contribution in [0.3, 0.4) is 0 Å². The van der Waals surface area contributed by atoms with Gasteiger partial charge >= 0.3 is 0 Å². The lowest BCUT2D eigenvalue weighted by molar-refractivity contribution is 0.0993. The number of nitrogens with zero attached hydrogens (tertiary/aromatic N) is 1. The topological polar surface area (TPSA) is 64.4 Å². The van der Waals surface area contributed by atoms with Crippen LogP contribution in [0.25, 0.3) is 10.4 Å². The second-order valence-corrected chi connectivity index (χ2v) is 7.13. The number of thiazole rings is 1. The van der Waals surface area contributed by atoms with Crippen molar-refractivity contribution < 1.29 is 13.9 Å². The average Bonchev–Trinajstić information content (AvgIpc) is 3.34. The molecule has 28 heavy (non-hydrogen) atoms.